The van der Waals surface area contributed by atoms with Gasteiger partial charge in [0.25, 0.3) is 0 Å². The van der Waals surface area contributed by atoms with Crippen LogP contribution in [0, 0.1) is 0 Å². The second kappa shape index (κ2) is 13.9. The molecule has 11 rings (SSSR count). The van der Waals surface area contributed by atoms with Gasteiger partial charge in [-0.05, 0) is 101 Å². The first-order valence-electron chi connectivity index (χ1n) is 20.2. The Hall–Kier alpha value is -7.49. The van der Waals surface area contributed by atoms with E-state index in [1.54, 1.807) is 6.20 Å². The highest BCUT2D eigenvalue weighted by molar-refractivity contribution is 6.05. The monoisotopic (exact) mass is 753 g/mol. The van der Waals surface area contributed by atoms with Crippen LogP contribution in [0.5, 0.6) is 0 Å². The Bertz CT molecular complexity index is 3220. The molecular weight excluding hydrogens is 715 g/mol. The molecule has 0 N–H and O–H groups in total. The minimum Gasteiger partial charge on any atom is -0.264 e. The van der Waals surface area contributed by atoms with Crippen molar-refractivity contribution in [2.45, 2.75) is 19.3 Å². The van der Waals surface area contributed by atoms with Crippen molar-refractivity contribution in [3.8, 4) is 78.4 Å². The van der Waals surface area contributed by atoms with Crippen LogP contribution in [0.3, 0.4) is 0 Å². The van der Waals surface area contributed by atoms with Gasteiger partial charge in [0, 0.05) is 34.5 Å². The van der Waals surface area contributed by atoms with Crippen molar-refractivity contribution in [3.63, 3.8) is 0 Å². The topological polar surface area (TPSA) is 38.7 Å². The number of hydrogen-bond acceptors (Lipinski definition) is 3. The molecule has 0 aliphatic heterocycles. The van der Waals surface area contributed by atoms with E-state index in [1.807, 2.05) is 30.5 Å². The lowest BCUT2D eigenvalue weighted by Crippen LogP contribution is -2.15. The van der Waals surface area contributed by atoms with Crippen LogP contribution in [-0.4, -0.2) is 15.0 Å². The Kier molecular flexibility index (Phi) is 8.16. The Morgan fingerprint density at radius 3 is 1.81 bits per heavy atom. The predicted molar refractivity (Wildman–Crippen MR) is 245 cm³/mol. The third-order valence-electron chi connectivity index (χ3n) is 12.2. The molecule has 3 heteroatoms. The maximum Gasteiger partial charge on any atom is 0.160 e. The summed E-state index contributed by atoms with van der Waals surface area (Å²) in [5, 5.41) is 4.97. The van der Waals surface area contributed by atoms with Crippen molar-refractivity contribution >= 4 is 21.5 Å². The summed E-state index contributed by atoms with van der Waals surface area (Å²) in [5.41, 5.74) is 17.2. The van der Waals surface area contributed by atoms with E-state index in [0.717, 1.165) is 44.6 Å². The first-order chi connectivity index (χ1) is 29.0. The number of nitrogens with zero attached hydrogens (tertiary/aromatic N) is 3. The smallest absolute Gasteiger partial charge is 0.160 e. The van der Waals surface area contributed by atoms with Crippen molar-refractivity contribution in [1.29, 1.82) is 0 Å². The van der Waals surface area contributed by atoms with Crippen LogP contribution in [-0.2, 0) is 5.41 Å². The molecule has 59 heavy (non-hydrogen) atoms. The normalized spacial score (nSPS) is 12.7. The van der Waals surface area contributed by atoms with Gasteiger partial charge in [-0.25, -0.2) is 9.97 Å². The first-order valence-corrected chi connectivity index (χ1v) is 20.2. The van der Waals surface area contributed by atoms with E-state index in [-0.39, 0.29) is 5.41 Å². The Balaban J connectivity index is 0.999. The number of fused-ring (bicyclic) bond motifs is 6. The highest BCUT2D eigenvalue weighted by Crippen LogP contribution is 2.52. The summed E-state index contributed by atoms with van der Waals surface area (Å²) in [6, 6.07) is 67.6. The molecule has 0 radical (unpaired) electrons. The number of benzene rings is 8. The molecule has 0 bridgehead atoms. The second-order valence-corrected chi connectivity index (χ2v) is 16.0. The van der Waals surface area contributed by atoms with Crippen LogP contribution in [0.4, 0.5) is 0 Å². The lowest BCUT2D eigenvalue weighted by atomic mass is 9.80. The average Bonchev–Trinajstić information content (AvgIpc) is 3.54. The molecule has 3 nitrogen and oxygen atoms in total. The van der Waals surface area contributed by atoms with Gasteiger partial charge < -0.3 is 0 Å². The van der Waals surface area contributed by atoms with Crippen LogP contribution in [0.2, 0.25) is 0 Å². The number of pyridine rings is 1. The highest BCUT2D eigenvalue weighted by Gasteiger charge is 2.37. The molecule has 0 unspecified atom stereocenters. The standard InChI is InChI=1S/C56H39N3/c1-56(2)51-30-26-41(33-50(51)49-27-25-37-12-6-7-18-45(37)54(49)56)40-15-10-16-42(32-40)44-28-29-48(47-20-9-8-19-46(44)47)53-34-52(58-55(59-53)39-13-4-3-5-14-39)38-23-21-36(22-24-38)43-17-11-31-57-35-43/h3-35H,1-2H3. The molecule has 2 aromatic heterocycles. The van der Waals surface area contributed by atoms with Gasteiger partial charge in [-0.2, -0.15) is 0 Å². The molecule has 8 aromatic carbocycles. The first kappa shape index (κ1) is 34.7. The molecule has 0 saturated carbocycles. The SMILES string of the molecule is CC1(C)c2ccc(-c3cccc(-c4ccc(-c5cc(-c6ccc(-c7cccnc7)cc6)nc(-c6ccccc6)n5)c5ccccc45)c3)cc2-c2ccc3ccccc3c21. The summed E-state index contributed by atoms with van der Waals surface area (Å²) in [4.78, 5) is 14.6. The van der Waals surface area contributed by atoms with Crippen LogP contribution >= 0.6 is 0 Å². The van der Waals surface area contributed by atoms with Gasteiger partial charge in [-0.3, -0.25) is 4.98 Å². The van der Waals surface area contributed by atoms with E-state index >= 15 is 0 Å². The lowest BCUT2D eigenvalue weighted by molar-refractivity contribution is 0.666. The molecule has 0 fully saturated rings. The van der Waals surface area contributed by atoms with E-state index in [1.165, 1.54) is 60.7 Å². The zero-order valence-electron chi connectivity index (χ0n) is 32.9. The van der Waals surface area contributed by atoms with Crippen LogP contribution in [0.1, 0.15) is 25.0 Å². The van der Waals surface area contributed by atoms with Gasteiger partial charge in [0.2, 0.25) is 0 Å². The van der Waals surface area contributed by atoms with Crippen molar-refractivity contribution < 1.29 is 0 Å². The fourth-order valence-electron chi connectivity index (χ4n) is 9.25. The maximum atomic E-state index is 5.22. The molecule has 0 atom stereocenters. The van der Waals surface area contributed by atoms with Gasteiger partial charge in [0.15, 0.2) is 5.82 Å². The fraction of sp³-hybridized carbons (Fsp3) is 0.0536. The van der Waals surface area contributed by atoms with E-state index in [0.29, 0.717) is 5.82 Å². The summed E-state index contributed by atoms with van der Waals surface area (Å²) in [5.74, 6) is 0.698. The fourth-order valence-corrected chi connectivity index (χ4v) is 9.25. The zero-order valence-corrected chi connectivity index (χ0v) is 32.9. The Morgan fingerprint density at radius 1 is 0.373 bits per heavy atom. The Labute approximate surface area is 344 Å². The lowest BCUT2D eigenvalue weighted by Gasteiger charge is -2.23. The molecule has 1 aliphatic carbocycles. The zero-order chi connectivity index (χ0) is 39.5. The molecule has 0 spiro atoms. The Morgan fingerprint density at radius 2 is 1.00 bits per heavy atom. The van der Waals surface area contributed by atoms with E-state index in [2.05, 4.69) is 183 Å². The van der Waals surface area contributed by atoms with Gasteiger partial charge in [0.05, 0.1) is 11.4 Å². The molecule has 1 aliphatic rings. The van der Waals surface area contributed by atoms with Crippen molar-refractivity contribution in [2.24, 2.45) is 0 Å². The predicted octanol–water partition coefficient (Wildman–Crippen LogP) is 14.5. The highest BCUT2D eigenvalue weighted by atomic mass is 14.9. The maximum absolute atomic E-state index is 5.22. The van der Waals surface area contributed by atoms with Crippen LogP contribution in [0.25, 0.3) is 100.0 Å². The third kappa shape index (κ3) is 5.94. The number of rotatable bonds is 6. The van der Waals surface area contributed by atoms with E-state index in [9.17, 15) is 0 Å². The molecule has 10 aromatic rings. The average molecular weight is 754 g/mol. The summed E-state index contributed by atoms with van der Waals surface area (Å²) in [7, 11) is 0. The summed E-state index contributed by atoms with van der Waals surface area (Å²) in [6.07, 6.45) is 3.69. The van der Waals surface area contributed by atoms with Gasteiger partial charge in [-0.1, -0.05) is 178 Å². The van der Waals surface area contributed by atoms with Crippen LogP contribution < -0.4 is 0 Å². The van der Waals surface area contributed by atoms with Gasteiger partial charge in [-0.15, -0.1) is 0 Å². The quantitative estimate of drug-likeness (QED) is 0.170. The second-order valence-electron chi connectivity index (χ2n) is 16.0. The molecule has 2 heterocycles. The third-order valence-corrected chi connectivity index (χ3v) is 12.2. The molecule has 0 saturated heterocycles. The van der Waals surface area contributed by atoms with Gasteiger partial charge in [0.1, 0.15) is 0 Å². The summed E-state index contributed by atoms with van der Waals surface area (Å²) in [6.45, 7) is 4.73. The molecule has 0 amide bonds. The van der Waals surface area contributed by atoms with Crippen molar-refractivity contribution in [3.05, 3.63) is 212 Å². The number of aromatic nitrogens is 3. The largest absolute Gasteiger partial charge is 0.264 e. The molecular formula is C56H39N3. The minimum atomic E-state index is -0.0796. The summed E-state index contributed by atoms with van der Waals surface area (Å²) >= 11 is 0. The molecule has 278 valence electrons. The number of hydrogen-bond donors (Lipinski definition) is 0. The van der Waals surface area contributed by atoms with Crippen molar-refractivity contribution in [2.75, 3.05) is 0 Å². The van der Waals surface area contributed by atoms with E-state index < -0.39 is 0 Å². The van der Waals surface area contributed by atoms with Gasteiger partial charge >= 0.3 is 0 Å². The van der Waals surface area contributed by atoms with Crippen LogP contribution in [0.15, 0.2) is 200 Å². The van der Waals surface area contributed by atoms with Crippen molar-refractivity contribution in [1.82, 2.24) is 15.0 Å². The van der Waals surface area contributed by atoms with E-state index in [4.69, 9.17) is 9.97 Å². The summed E-state index contributed by atoms with van der Waals surface area (Å²) < 4.78 is 0. The minimum absolute atomic E-state index is 0.0796.